The largest absolute Gasteiger partial charge is 0.345 e. The second kappa shape index (κ2) is 5.57. The predicted molar refractivity (Wildman–Crippen MR) is 86.8 cm³/mol. The molecule has 2 heteroatoms. The Labute approximate surface area is 125 Å². The molecule has 0 unspecified atom stereocenters. The molecule has 3 rings (SSSR count). The summed E-state index contributed by atoms with van der Waals surface area (Å²) in [7, 11) is 0. The van der Waals surface area contributed by atoms with E-state index >= 15 is 0 Å². The van der Waals surface area contributed by atoms with E-state index in [1.165, 1.54) is 16.8 Å². The van der Waals surface area contributed by atoms with Crippen LogP contribution in [-0.2, 0) is 6.42 Å². The highest BCUT2D eigenvalue weighted by Gasteiger charge is 2.22. The zero-order chi connectivity index (χ0) is 14.8. The number of allylic oxidation sites excluding steroid dienone is 2. The maximum Gasteiger partial charge on any atom is 0.187 e. The summed E-state index contributed by atoms with van der Waals surface area (Å²) in [5, 5.41) is 0. The lowest BCUT2D eigenvalue weighted by Crippen LogP contribution is -2.18. The number of rotatable bonds is 3. The van der Waals surface area contributed by atoms with E-state index in [0.717, 1.165) is 24.2 Å². The summed E-state index contributed by atoms with van der Waals surface area (Å²) in [6.07, 6.45) is 2.62. The molecule has 0 amide bonds. The molecule has 1 aliphatic rings. The maximum absolute atomic E-state index is 12.4. The van der Waals surface area contributed by atoms with Crippen LogP contribution in [0, 0.1) is 6.92 Å². The van der Waals surface area contributed by atoms with Crippen molar-refractivity contribution >= 4 is 11.5 Å². The molecule has 0 bridgehead atoms. The van der Waals surface area contributed by atoms with Gasteiger partial charge in [-0.15, -0.1) is 0 Å². The van der Waals surface area contributed by atoms with Gasteiger partial charge in [0, 0.05) is 36.0 Å². The van der Waals surface area contributed by atoms with Crippen molar-refractivity contribution in [1.29, 1.82) is 0 Å². The fourth-order valence-corrected chi connectivity index (χ4v) is 2.82. The van der Waals surface area contributed by atoms with Crippen molar-refractivity contribution < 1.29 is 4.79 Å². The summed E-state index contributed by atoms with van der Waals surface area (Å²) in [4.78, 5) is 14.6. The number of hydrogen-bond acceptors (Lipinski definition) is 2. The van der Waals surface area contributed by atoms with Gasteiger partial charge in [-0.2, -0.15) is 0 Å². The van der Waals surface area contributed by atoms with E-state index in [0.29, 0.717) is 0 Å². The molecule has 0 atom stereocenters. The number of nitrogens with zero attached hydrogens (tertiary/aromatic N) is 1. The quantitative estimate of drug-likeness (QED) is 0.620. The summed E-state index contributed by atoms with van der Waals surface area (Å²) in [5.41, 5.74) is 5.53. The Morgan fingerprint density at radius 2 is 1.86 bits per heavy atom. The van der Waals surface area contributed by atoms with Gasteiger partial charge in [-0.1, -0.05) is 48.0 Å². The lowest BCUT2D eigenvalue weighted by molar-refractivity contribution is 0.104. The number of anilines is 1. The Bertz CT molecular complexity index is 698. The molecule has 2 aromatic rings. The minimum atomic E-state index is 0.0799. The minimum Gasteiger partial charge on any atom is -0.345 e. The number of para-hydroxylation sites is 1. The highest BCUT2D eigenvalue weighted by Crippen LogP contribution is 2.34. The van der Waals surface area contributed by atoms with Gasteiger partial charge in [-0.25, -0.2) is 0 Å². The van der Waals surface area contributed by atoms with Gasteiger partial charge in [0.25, 0.3) is 0 Å². The highest BCUT2D eigenvalue weighted by molar-refractivity contribution is 6.05. The smallest absolute Gasteiger partial charge is 0.187 e. The molecule has 0 saturated carbocycles. The Hall–Kier alpha value is -2.35. The summed E-state index contributed by atoms with van der Waals surface area (Å²) in [6, 6.07) is 16.1. The molecule has 0 fully saturated rings. The van der Waals surface area contributed by atoms with Crippen molar-refractivity contribution in [1.82, 2.24) is 0 Å². The number of ketones is 1. The fraction of sp³-hybridized carbons (Fsp3) is 0.211. The number of aryl methyl sites for hydroxylation is 1. The minimum absolute atomic E-state index is 0.0799. The normalized spacial score (nSPS) is 15.3. The molecule has 1 heterocycles. The van der Waals surface area contributed by atoms with Gasteiger partial charge in [0.2, 0.25) is 0 Å². The van der Waals surface area contributed by atoms with Gasteiger partial charge in [0.05, 0.1) is 0 Å². The van der Waals surface area contributed by atoms with Gasteiger partial charge in [0.1, 0.15) is 0 Å². The molecule has 0 saturated heterocycles. The monoisotopic (exact) mass is 277 g/mol. The van der Waals surface area contributed by atoms with Crippen LogP contribution >= 0.6 is 0 Å². The molecule has 0 spiro atoms. The summed E-state index contributed by atoms with van der Waals surface area (Å²) in [6.45, 7) is 5.02. The Balaban J connectivity index is 1.90. The summed E-state index contributed by atoms with van der Waals surface area (Å²) >= 11 is 0. The van der Waals surface area contributed by atoms with E-state index in [4.69, 9.17) is 0 Å². The number of likely N-dealkylation sites (N-methyl/N-ethyl adjacent to an activating group) is 1. The van der Waals surface area contributed by atoms with Crippen molar-refractivity contribution in [3.05, 3.63) is 77.0 Å². The first-order valence-corrected chi connectivity index (χ1v) is 7.36. The van der Waals surface area contributed by atoms with Crippen LogP contribution in [0.25, 0.3) is 0 Å². The van der Waals surface area contributed by atoms with E-state index in [1.807, 2.05) is 37.3 Å². The zero-order valence-electron chi connectivity index (χ0n) is 12.5. The molecule has 0 radical (unpaired) electrons. The molecule has 2 nitrogen and oxygen atoms in total. The molecule has 0 aromatic heterocycles. The van der Waals surface area contributed by atoms with Crippen molar-refractivity contribution in [2.45, 2.75) is 20.3 Å². The third kappa shape index (κ3) is 2.62. The Morgan fingerprint density at radius 1 is 1.14 bits per heavy atom. The van der Waals surface area contributed by atoms with Crippen LogP contribution in [-0.4, -0.2) is 12.3 Å². The average Bonchev–Trinajstić information content (AvgIpc) is 2.84. The second-order valence-electron chi connectivity index (χ2n) is 5.42. The Kier molecular flexibility index (Phi) is 3.61. The standard InChI is InChI=1S/C19H19NO/c1-3-20-17(12-16-6-4-5-7-18(16)20)13-19(21)15-10-8-14(2)9-11-15/h4-11,13H,3,12H2,1-2H3. The predicted octanol–water partition coefficient (Wildman–Crippen LogP) is 4.14. The van der Waals surface area contributed by atoms with Gasteiger partial charge in [-0.3, -0.25) is 4.79 Å². The molecule has 1 aliphatic heterocycles. The van der Waals surface area contributed by atoms with E-state index in [2.05, 4.69) is 30.0 Å². The lowest BCUT2D eigenvalue weighted by atomic mass is 10.1. The van der Waals surface area contributed by atoms with Gasteiger partial charge in [-0.05, 0) is 25.5 Å². The van der Waals surface area contributed by atoms with Crippen molar-refractivity contribution in [3.8, 4) is 0 Å². The van der Waals surface area contributed by atoms with Crippen LogP contribution in [0.1, 0.15) is 28.4 Å². The van der Waals surface area contributed by atoms with Gasteiger partial charge >= 0.3 is 0 Å². The fourth-order valence-electron chi connectivity index (χ4n) is 2.82. The van der Waals surface area contributed by atoms with E-state index in [1.54, 1.807) is 6.08 Å². The third-order valence-electron chi connectivity index (χ3n) is 3.95. The van der Waals surface area contributed by atoms with Crippen molar-refractivity contribution in [2.24, 2.45) is 0 Å². The maximum atomic E-state index is 12.4. The number of carbonyl (C=O) groups excluding carboxylic acids is 1. The molecule has 106 valence electrons. The number of carbonyl (C=O) groups is 1. The van der Waals surface area contributed by atoms with Crippen LogP contribution < -0.4 is 4.90 Å². The molecule has 0 aliphatic carbocycles. The lowest BCUT2D eigenvalue weighted by Gasteiger charge is -2.19. The van der Waals surface area contributed by atoms with Crippen molar-refractivity contribution in [2.75, 3.05) is 11.4 Å². The third-order valence-corrected chi connectivity index (χ3v) is 3.95. The molecule has 2 aromatic carbocycles. The van der Waals surface area contributed by atoms with Crippen LogP contribution in [0.3, 0.4) is 0 Å². The van der Waals surface area contributed by atoms with E-state index in [-0.39, 0.29) is 5.78 Å². The average molecular weight is 277 g/mol. The van der Waals surface area contributed by atoms with E-state index in [9.17, 15) is 4.79 Å². The van der Waals surface area contributed by atoms with Crippen LogP contribution in [0.4, 0.5) is 5.69 Å². The number of fused-ring (bicyclic) bond motifs is 1. The van der Waals surface area contributed by atoms with Crippen LogP contribution in [0.2, 0.25) is 0 Å². The second-order valence-corrected chi connectivity index (χ2v) is 5.42. The van der Waals surface area contributed by atoms with E-state index < -0.39 is 0 Å². The van der Waals surface area contributed by atoms with Crippen LogP contribution in [0.5, 0.6) is 0 Å². The zero-order valence-corrected chi connectivity index (χ0v) is 12.5. The summed E-state index contributed by atoms with van der Waals surface area (Å²) in [5.74, 6) is 0.0799. The first kappa shape index (κ1) is 13.6. The van der Waals surface area contributed by atoms with Gasteiger partial charge in [0.15, 0.2) is 5.78 Å². The molecular weight excluding hydrogens is 258 g/mol. The highest BCUT2D eigenvalue weighted by atomic mass is 16.1. The topological polar surface area (TPSA) is 20.3 Å². The first-order chi connectivity index (χ1) is 10.2. The Morgan fingerprint density at radius 3 is 2.57 bits per heavy atom. The first-order valence-electron chi connectivity index (χ1n) is 7.36. The number of hydrogen-bond donors (Lipinski definition) is 0. The van der Waals surface area contributed by atoms with Crippen molar-refractivity contribution in [3.63, 3.8) is 0 Å². The molecule has 0 N–H and O–H groups in total. The number of benzene rings is 2. The van der Waals surface area contributed by atoms with Crippen LogP contribution in [0.15, 0.2) is 60.3 Å². The summed E-state index contributed by atoms with van der Waals surface area (Å²) < 4.78 is 0. The van der Waals surface area contributed by atoms with Gasteiger partial charge < -0.3 is 4.90 Å². The molecular formula is C19H19NO. The molecule has 21 heavy (non-hydrogen) atoms. The SMILES string of the molecule is CCN1C(=CC(=O)c2ccc(C)cc2)Cc2ccccc21.